The molecule has 2 N–H and O–H groups in total. The number of carbonyl (C=O) groups is 1. The Morgan fingerprint density at radius 2 is 1.81 bits per heavy atom. The molecule has 0 bridgehead atoms. The number of sulfonamides is 1. The molecular weight excluding hydrogens is 468 g/mol. The maximum Gasteiger partial charge on any atom is 0.246 e. The summed E-state index contributed by atoms with van der Waals surface area (Å²) in [6.45, 7) is 2.93. The number of morpholine rings is 1. The van der Waals surface area contributed by atoms with E-state index in [1.165, 1.54) is 28.6 Å². The first-order valence-electron chi connectivity index (χ1n) is 9.62. The lowest BCUT2D eigenvalue weighted by Crippen LogP contribution is -2.40. The highest BCUT2D eigenvalue weighted by molar-refractivity contribution is 7.89. The van der Waals surface area contributed by atoms with Crippen molar-refractivity contribution < 1.29 is 22.3 Å². The van der Waals surface area contributed by atoms with Crippen molar-refractivity contribution >= 4 is 50.5 Å². The average Bonchev–Trinajstić information content (AvgIpc) is 2.76. The molecule has 1 unspecified atom stereocenters. The Balaban J connectivity index is 1.78. The van der Waals surface area contributed by atoms with E-state index in [0.717, 1.165) is 6.07 Å². The number of benzene rings is 2. The number of nitrogens with zero attached hydrogens (tertiary/aromatic N) is 1. The van der Waals surface area contributed by atoms with Crippen molar-refractivity contribution in [3.05, 3.63) is 52.3 Å². The zero-order chi connectivity index (χ0) is 22.6. The molecule has 3 rings (SSSR count). The minimum absolute atomic E-state index is 0.0401. The van der Waals surface area contributed by atoms with Crippen LogP contribution in [0.25, 0.3) is 0 Å². The molecule has 2 aromatic carbocycles. The van der Waals surface area contributed by atoms with Crippen molar-refractivity contribution in [3.63, 3.8) is 0 Å². The fourth-order valence-corrected chi connectivity index (χ4v) is 5.16. The molecule has 1 fully saturated rings. The number of ether oxygens (including phenoxy) is 1. The van der Waals surface area contributed by atoms with Gasteiger partial charge < -0.3 is 15.4 Å². The predicted octanol–water partition coefficient (Wildman–Crippen LogP) is 3.98. The van der Waals surface area contributed by atoms with Gasteiger partial charge in [-0.05, 0) is 42.8 Å². The third kappa shape index (κ3) is 5.67. The Kier molecular flexibility index (Phi) is 7.77. The van der Waals surface area contributed by atoms with Crippen molar-refractivity contribution in [3.8, 4) is 0 Å². The van der Waals surface area contributed by atoms with E-state index in [9.17, 15) is 17.6 Å². The van der Waals surface area contributed by atoms with Gasteiger partial charge in [-0.25, -0.2) is 12.8 Å². The van der Waals surface area contributed by atoms with Gasteiger partial charge in [0.25, 0.3) is 0 Å². The SMILES string of the molecule is CCC(Nc1ccc(Cl)c(S(=O)(=O)N2CCOCC2)c1)C(=O)Nc1ccc(F)c(Cl)c1. The molecule has 0 radical (unpaired) electrons. The molecule has 1 aliphatic rings. The fraction of sp³-hybridized carbons (Fsp3) is 0.350. The average molecular weight is 490 g/mol. The minimum Gasteiger partial charge on any atom is -0.379 e. The summed E-state index contributed by atoms with van der Waals surface area (Å²) in [6, 6.07) is 7.70. The molecule has 1 atom stereocenters. The molecule has 0 aromatic heterocycles. The van der Waals surface area contributed by atoms with E-state index in [0.29, 0.717) is 31.0 Å². The van der Waals surface area contributed by atoms with E-state index in [1.54, 1.807) is 13.0 Å². The lowest BCUT2D eigenvalue weighted by atomic mass is 10.2. The first kappa shape index (κ1) is 23.7. The summed E-state index contributed by atoms with van der Waals surface area (Å²) in [5.41, 5.74) is 0.777. The van der Waals surface area contributed by atoms with Gasteiger partial charge in [-0.2, -0.15) is 4.31 Å². The van der Waals surface area contributed by atoms with Gasteiger partial charge in [-0.3, -0.25) is 4.79 Å². The van der Waals surface area contributed by atoms with Gasteiger partial charge >= 0.3 is 0 Å². The molecule has 11 heteroatoms. The van der Waals surface area contributed by atoms with Crippen LogP contribution < -0.4 is 10.6 Å². The Bertz CT molecular complexity index is 1060. The number of amides is 1. The van der Waals surface area contributed by atoms with Gasteiger partial charge in [0.15, 0.2) is 0 Å². The molecular formula is C20H22Cl2FN3O4S. The molecule has 1 amide bonds. The smallest absolute Gasteiger partial charge is 0.246 e. The molecule has 1 saturated heterocycles. The summed E-state index contributed by atoms with van der Waals surface area (Å²) < 4.78 is 45.8. The van der Waals surface area contributed by atoms with Crippen molar-refractivity contribution in [2.45, 2.75) is 24.3 Å². The van der Waals surface area contributed by atoms with Crippen LogP contribution in [-0.2, 0) is 19.6 Å². The third-order valence-corrected chi connectivity index (χ3v) is 7.44. The first-order chi connectivity index (χ1) is 14.7. The van der Waals surface area contributed by atoms with Gasteiger partial charge in [0, 0.05) is 24.5 Å². The van der Waals surface area contributed by atoms with Crippen LogP contribution in [0.15, 0.2) is 41.3 Å². The summed E-state index contributed by atoms with van der Waals surface area (Å²) in [7, 11) is -3.80. The fourth-order valence-electron chi connectivity index (χ4n) is 3.07. The minimum atomic E-state index is -3.80. The topological polar surface area (TPSA) is 87.7 Å². The third-order valence-electron chi connectivity index (χ3n) is 4.77. The van der Waals surface area contributed by atoms with E-state index >= 15 is 0 Å². The monoisotopic (exact) mass is 489 g/mol. The number of rotatable bonds is 7. The summed E-state index contributed by atoms with van der Waals surface area (Å²) in [5, 5.41) is 5.69. The van der Waals surface area contributed by atoms with Crippen molar-refractivity contribution in [1.29, 1.82) is 0 Å². The van der Waals surface area contributed by atoms with E-state index in [-0.39, 0.29) is 33.9 Å². The predicted molar refractivity (Wildman–Crippen MR) is 119 cm³/mol. The number of anilines is 2. The zero-order valence-electron chi connectivity index (χ0n) is 16.7. The van der Waals surface area contributed by atoms with Crippen LogP contribution >= 0.6 is 23.2 Å². The lowest BCUT2D eigenvalue weighted by molar-refractivity contribution is -0.117. The molecule has 0 saturated carbocycles. The molecule has 1 heterocycles. The van der Waals surface area contributed by atoms with Crippen LogP contribution in [0, 0.1) is 5.82 Å². The largest absolute Gasteiger partial charge is 0.379 e. The zero-order valence-corrected chi connectivity index (χ0v) is 19.0. The quantitative estimate of drug-likeness (QED) is 0.613. The van der Waals surface area contributed by atoms with Crippen LogP contribution in [-0.4, -0.2) is 51.0 Å². The Hall–Kier alpha value is -1.91. The number of halogens is 3. The van der Waals surface area contributed by atoms with Gasteiger partial charge in [0.05, 0.1) is 23.3 Å². The molecule has 168 valence electrons. The number of carbonyl (C=O) groups excluding carboxylic acids is 1. The van der Waals surface area contributed by atoms with Crippen LogP contribution in [0.2, 0.25) is 10.0 Å². The van der Waals surface area contributed by atoms with E-state index in [4.69, 9.17) is 27.9 Å². The molecule has 1 aliphatic heterocycles. The van der Waals surface area contributed by atoms with Crippen molar-refractivity contribution in [1.82, 2.24) is 4.31 Å². The number of nitrogens with one attached hydrogen (secondary N) is 2. The highest BCUT2D eigenvalue weighted by Crippen LogP contribution is 2.29. The highest BCUT2D eigenvalue weighted by Gasteiger charge is 2.29. The van der Waals surface area contributed by atoms with Crippen LogP contribution in [0.4, 0.5) is 15.8 Å². The second kappa shape index (κ2) is 10.1. The molecule has 0 aliphatic carbocycles. The number of hydrogen-bond donors (Lipinski definition) is 2. The van der Waals surface area contributed by atoms with Crippen LogP contribution in [0.1, 0.15) is 13.3 Å². The van der Waals surface area contributed by atoms with Crippen molar-refractivity contribution in [2.75, 3.05) is 36.9 Å². The Labute approximate surface area is 190 Å². The molecule has 7 nitrogen and oxygen atoms in total. The van der Waals surface area contributed by atoms with E-state index in [2.05, 4.69) is 10.6 Å². The maximum absolute atomic E-state index is 13.3. The maximum atomic E-state index is 13.3. The second-order valence-electron chi connectivity index (χ2n) is 6.88. The number of hydrogen-bond acceptors (Lipinski definition) is 5. The Morgan fingerprint density at radius 1 is 1.13 bits per heavy atom. The van der Waals surface area contributed by atoms with E-state index in [1.807, 2.05) is 0 Å². The highest BCUT2D eigenvalue weighted by atomic mass is 35.5. The Morgan fingerprint density at radius 3 is 2.45 bits per heavy atom. The lowest BCUT2D eigenvalue weighted by Gasteiger charge is -2.26. The molecule has 31 heavy (non-hydrogen) atoms. The van der Waals surface area contributed by atoms with Crippen LogP contribution in [0.5, 0.6) is 0 Å². The van der Waals surface area contributed by atoms with E-state index < -0.39 is 21.9 Å². The molecule has 0 spiro atoms. The van der Waals surface area contributed by atoms with Crippen molar-refractivity contribution in [2.24, 2.45) is 0 Å². The second-order valence-corrected chi connectivity index (χ2v) is 9.61. The summed E-state index contributed by atoms with van der Waals surface area (Å²) in [4.78, 5) is 12.6. The van der Waals surface area contributed by atoms with Gasteiger partial charge in [-0.1, -0.05) is 30.1 Å². The van der Waals surface area contributed by atoms with Gasteiger partial charge in [0.1, 0.15) is 16.8 Å². The van der Waals surface area contributed by atoms with Gasteiger partial charge in [0.2, 0.25) is 15.9 Å². The first-order valence-corrected chi connectivity index (χ1v) is 11.8. The summed E-state index contributed by atoms with van der Waals surface area (Å²) in [6.07, 6.45) is 0.412. The summed E-state index contributed by atoms with van der Waals surface area (Å²) >= 11 is 11.9. The normalized spacial score (nSPS) is 16.0. The standard InChI is InChI=1S/C20H22Cl2FN3O4S/c1-2-18(20(27)25-13-4-6-17(23)16(22)11-13)24-14-3-5-15(21)19(12-14)31(28,29)26-7-9-30-10-8-26/h3-6,11-12,18,24H,2,7-10H2,1H3,(H,25,27). The van der Waals surface area contributed by atoms with Crippen LogP contribution in [0.3, 0.4) is 0 Å². The molecule has 2 aromatic rings. The van der Waals surface area contributed by atoms with Gasteiger partial charge in [-0.15, -0.1) is 0 Å². The summed E-state index contributed by atoms with van der Waals surface area (Å²) in [5.74, 6) is -0.960.